The number of hydrogen-bond donors (Lipinski definition) is 1. The molecule has 0 saturated carbocycles. The van der Waals surface area contributed by atoms with E-state index in [1.807, 2.05) is 0 Å². The average molecular weight is 491 g/mol. The van der Waals surface area contributed by atoms with E-state index in [0.29, 0.717) is 6.54 Å². The number of benzene rings is 3. The van der Waals surface area contributed by atoms with Crippen molar-refractivity contribution in [2.24, 2.45) is 5.84 Å². The van der Waals surface area contributed by atoms with E-state index in [2.05, 4.69) is 114 Å². The minimum atomic E-state index is 0. The van der Waals surface area contributed by atoms with Gasteiger partial charge in [0.15, 0.2) is 0 Å². The van der Waals surface area contributed by atoms with Crippen LogP contribution >= 0.6 is 0 Å². The first-order valence-electron chi connectivity index (χ1n) is 10.4. The summed E-state index contributed by atoms with van der Waals surface area (Å²) in [4.78, 5) is 0. The molecule has 31 heavy (non-hydrogen) atoms. The summed E-state index contributed by atoms with van der Waals surface area (Å²) in [7, 11) is 0. The van der Waals surface area contributed by atoms with Crippen molar-refractivity contribution in [1.82, 2.24) is 0 Å². The monoisotopic (exact) mass is 490 g/mol. The summed E-state index contributed by atoms with van der Waals surface area (Å²) in [5.74, 6) is 9.00. The van der Waals surface area contributed by atoms with Gasteiger partial charge in [0.2, 0.25) is 0 Å². The molecular weight excluding hydrogens is 455 g/mol. The summed E-state index contributed by atoms with van der Waals surface area (Å²) in [5.41, 5.74) is 16.7. The number of nitrogens with two attached hydrogens (primary N) is 1. The fourth-order valence-electron chi connectivity index (χ4n) is 3.45. The molecule has 0 spiro atoms. The molecule has 163 valence electrons. The first-order chi connectivity index (χ1) is 14.1. The molecular formula is C27H35N3Y-2. The Balaban J connectivity index is 0.00000156. The van der Waals surface area contributed by atoms with Crippen LogP contribution in [0.2, 0.25) is 0 Å². The summed E-state index contributed by atoms with van der Waals surface area (Å²) < 4.78 is 0. The van der Waals surface area contributed by atoms with Gasteiger partial charge in [-0.05, 0) is 50.3 Å². The summed E-state index contributed by atoms with van der Waals surface area (Å²) in [6.07, 6.45) is 0. The van der Waals surface area contributed by atoms with E-state index in [-0.39, 0.29) is 43.5 Å². The molecule has 3 rings (SSSR count). The van der Waals surface area contributed by atoms with Gasteiger partial charge in [-0.3, -0.25) is 0 Å². The van der Waals surface area contributed by atoms with Crippen molar-refractivity contribution in [3.8, 4) is 22.3 Å². The summed E-state index contributed by atoms with van der Waals surface area (Å²) in [6.45, 7) is 13.7. The molecule has 1 radical (unpaired) electrons. The first-order valence-corrected chi connectivity index (χ1v) is 10.4. The molecule has 3 aromatic rings. The molecule has 0 atom stereocenters. The second kappa shape index (κ2) is 11.5. The summed E-state index contributed by atoms with van der Waals surface area (Å²) in [5, 5.41) is 0. The second-order valence-corrected chi connectivity index (χ2v) is 9.75. The van der Waals surface area contributed by atoms with Crippen LogP contribution in [0.25, 0.3) is 33.8 Å². The number of rotatable bonds is 3. The van der Waals surface area contributed by atoms with Gasteiger partial charge in [0.25, 0.3) is 0 Å². The van der Waals surface area contributed by atoms with Crippen molar-refractivity contribution in [2.45, 2.75) is 58.9 Å². The van der Waals surface area contributed by atoms with E-state index < -0.39 is 0 Å². The molecule has 4 N–H and O–H groups in total. The van der Waals surface area contributed by atoms with E-state index >= 15 is 0 Å². The Morgan fingerprint density at radius 3 is 1.16 bits per heavy atom. The maximum absolute atomic E-state index is 7.89. The molecule has 0 saturated heterocycles. The number of nitrogens with one attached hydrogen (secondary N) is 2. The van der Waals surface area contributed by atoms with Crippen LogP contribution in [0.3, 0.4) is 0 Å². The molecule has 0 fully saturated rings. The van der Waals surface area contributed by atoms with Gasteiger partial charge in [-0.1, -0.05) is 108 Å². The molecule has 0 bridgehead atoms. The fraction of sp³-hybridized carbons (Fsp3) is 0.333. The smallest absolute Gasteiger partial charge is 0 e. The van der Waals surface area contributed by atoms with E-state index in [0.717, 1.165) is 5.56 Å². The van der Waals surface area contributed by atoms with Gasteiger partial charge in [0, 0.05) is 32.7 Å². The van der Waals surface area contributed by atoms with Gasteiger partial charge < -0.3 is 17.4 Å². The summed E-state index contributed by atoms with van der Waals surface area (Å²) in [6, 6.07) is 24.2. The molecule has 4 heteroatoms. The Kier molecular flexibility index (Phi) is 10.3. The van der Waals surface area contributed by atoms with Gasteiger partial charge in [0.05, 0.1) is 0 Å². The fourth-order valence-corrected chi connectivity index (χ4v) is 3.45. The molecule has 3 aromatic carbocycles. The molecule has 0 amide bonds. The van der Waals surface area contributed by atoms with E-state index in [1.165, 1.54) is 33.4 Å². The molecule has 0 unspecified atom stereocenters. The van der Waals surface area contributed by atoms with Crippen molar-refractivity contribution in [3.05, 3.63) is 95.0 Å². The Labute approximate surface area is 213 Å². The van der Waals surface area contributed by atoms with Crippen LogP contribution in [-0.4, -0.2) is 0 Å². The number of hydrogen-bond acceptors (Lipinski definition) is 1. The van der Waals surface area contributed by atoms with Crippen LogP contribution in [0.15, 0.2) is 66.7 Å². The van der Waals surface area contributed by atoms with Gasteiger partial charge in [0.1, 0.15) is 0 Å². The minimum absolute atomic E-state index is 0. The van der Waals surface area contributed by atoms with E-state index in [4.69, 9.17) is 11.6 Å². The minimum Gasteiger partial charge on any atom is -0.674 e. The van der Waals surface area contributed by atoms with Gasteiger partial charge in [-0.2, -0.15) is 0 Å². The molecule has 0 aliphatic heterocycles. The zero-order valence-corrected chi connectivity index (χ0v) is 22.6. The Morgan fingerprint density at radius 1 is 0.581 bits per heavy atom. The molecule has 0 aromatic heterocycles. The topological polar surface area (TPSA) is 73.6 Å². The SMILES string of the molecule is CC(C)(C)c1ccc(-c2cc(C[NH-])cc(-c3ccc(C(C)(C)C)cc3)c2)cc1.[NH-]N.[Y]. The van der Waals surface area contributed by atoms with Crippen molar-refractivity contribution in [3.63, 3.8) is 0 Å². The quantitative estimate of drug-likeness (QED) is 0.292. The van der Waals surface area contributed by atoms with Crippen LogP contribution in [0.1, 0.15) is 58.2 Å². The Bertz CT molecular complexity index is 872. The average Bonchev–Trinajstić information content (AvgIpc) is 2.74. The van der Waals surface area contributed by atoms with Crippen LogP contribution in [0, 0.1) is 0 Å². The normalized spacial score (nSPS) is 11.3. The van der Waals surface area contributed by atoms with Crippen LogP contribution in [-0.2, 0) is 50.1 Å². The van der Waals surface area contributed by atoms with Crippen LogP contribution in [0.5, 0.6) is 0 Å². The van der Waals surface area contributed by atoms with E-state index in [9.17, 15) is 0 Å². The second-order valence-electron chi connectivity index (χ2n) is 9.75. The maximum Gasteiger partial charge on any atom is 0 e. The first kappa shape index (κ1) is 27.7. The van der Waals surface area contributed by atoms with Gasteiger partial charge >= 0.3 is 0 Å². The van der Waals surface area contributed by atoms with Crippen LogP contribution in [0.4, 0.5) is 0 Å². The Morgan fingerprint density at radius 2 is 0.903 bits per heavy atom. The van der Waals surface area contributed by atoms with Crippen LogP contribution < -0.4 is 5.84 Å². The predicted octanol–water partition coefficient (Wildman–Crippen LogP) is 8.08. The molecule has 0 heterocycles. The molecule has 0 aliphatic rings. The zero-order chi connectivity index (χ0) is 22.5. The van der Waals surface area contributed by atoms with Crippen molar-refractivity contribution in [1.29, 1.82) is 0 Å². The third-order valence-electron chi connectivity index (χ3n) is 5.37. The van der Waals surface area contributed by atoms with Crippen molar-refractivity contribution >= 4 is 0 Å². The Hall–Kier alpha value is -1.36. The largest absolute Gasteiger partial charge is 0.674 e. The molecule has 3 nitrogen and oxygen atoms in total. The predicted molar refractivity (Wildman–Crippen MR) is 131 cm³/mol. The van der Waals surface area contributed by atoms with Gasteiger partial charge in [-0.15, -0.1) is 6.54 Å². The standard InChI is InChI=1S/C27H32N.H3N2.Y/c1-26(2,3)24-11-7-20(8-12-24)22-15-19(18-28)16-23(17-22)21-9-13-25(14-10-21)27(4,5)6;1-2;/h7-17,28H,18H2,1-6H3;1H,2H2;/q2*-1;. The summed E-state index contributed by atoms with van der Waals surface area (Å²) >= 11 is 0. The van der Waals surface area contributed by atoms with Crippen molar-refractivity contribution < 1.29 is 32.7 Å². The third kappa shape index (κ3) is 7.34. The van der Waals surface area contributed by atoms with Crippen molar-refractivity contribution in [2.75, 3.05) is 0 Å². The van der Waals surface area contributed by atoms with Gasteiger partial charge in [-0.25, -0.2) is 0 Å². The third-order valence-corrected chi connectivity index (χ3v) is 5.37. The molecule has 0 aliphatic carbocycles. The zero-order valence-electron chi connectivity index (χ0n) is 19.7. The maximum atomic E-state index is 7.89. The van der Waals surface area contributed by atoms with E-state index in [1.54, 1.807) is 0 Å².